The second kappa shape index (κ2) is 10.9. The van der Waals surface area contributed by atoms with E-state index in [-0.39, 0.29) is 30.5 Å². The average molecular weight is 583 g/mol. The van der Waals surface area contributed by atoms with E-state index in [4.69, 9.17) is 5.10 Å². The highest BCUT2D eigenvalue weighted by molar-refractivity contribution is 6.03. The molecule has 0 aliphatic carbocycles. The van der Waals surface area contributed by atoms with Crippen LogP contribution in [0.15, 0.2) is 67.3 Å². The van der Waals surface area contributed by atoms with Crippen LogP contribution in [0, 0.1) is 11.8 Å². The lowest BCUT2D eigenvalue weighted by atomic mass is 10.0. The van der Waals surface area contributed by atoms with Crippen LogP contribution in [0.5, 0.6) is 0 Å². The van der Waals surface area contributed by atoms with Gasteiger partial charge >= 0.3 is 6.18 Å². The summed E-state index contributed by atoms with van der Waals surface area (Å²) in [6, 6.07) is 11.5. The van der Waals surface area contributed by atoms with Crippen molar-refractivity contribution in [2.45, 2.75) is 25.1 Å². The van der Waals surface area contributed by atoms with E-state index in [0.29, 0.717) is 41.1 Å². The van der Waals surface area contributed by atoms with E-state index in [1.807, 2.05) is 4.57 Å². The van der Waals surface area contributed by atoms with E-state index in [0.717, 1.165) is 6.07 Å². The quantitative estimate of drug-likeness (QED) is 0.213. The molecule has 0 radical (unpaired) electrons. The van der Waals surface area contributed by atoms with E-state index < -0.39 is 30.4 Å². The molecular formula is C28H23F5N8O. The van der Waals surface area contributed by atoms with Gasteiger partial charge in [-0.1, -0.05) is 0 Å². The average Bonchev–Trinajstić information content (AvgIpc) is 3.57. The van der Waals surface area contributed by atoms with E-state index >= 15 is 0 Å². The Bertz CT molecular complexity index is 1740. The van der Waals surface area contributed by atoms with Crippen molar-refractivity contribution in [3.8, 4) is 22.6 Å². The molecule has 0 saturated carbocycles. The van der Waals surface area contributed by atoms with Gasteiger partial charge in [-0.2, -0.15) is 22.7 Å². The predicted octanol–water partition coefficient (Wildman–Crippen LogP) is 5.38. The molecule has 1 amide bonds. The summed E-state index contributed by atoms with van der Waals surface area (Å²) in [4.78, 5) is 26.4. The molecule has 0 spiro atoms. The van der Waals surface area contributed by atoms with Crippen molar-refractivity contribution in [2.75, 3.05) is 25.0 Å². The van der Waals surface area contributed by atoms with Gasteiger partial charge in [0.25, 0.3) is 5.91 Å². The van der Waals surface area contributed by atoms with Gasteiger partial charge in [0.2, 0.25) is 5.95 Å². The number of fused-ring (bicyclic) bond motifs is 1. The lowest BCUT2D eigenvalue weighted by Crippen LogP contribution is -2.40. The Labute approximate surface area is 235 Å². The number of rotatable bonds is 6. The number of likely N-dealkylation sites (tertiary alicyclic amines) is 1. The zero-order valence-corrected chi connectivity index (χ0v) is 21.9. The van der Waals surface area contributed by atoms with Gasteiger partial charge in [0.1, 0.15) is 11.5 Å². The fourth-order valence-corrected chi connectivity index (χ4v) is 5.12. The van der Waals surface area contributed by atoms with E-state index in [1.54, 1.807) is 30.6 Å². The summed E-state index contributed by atoms with van der Waals surface area (Å²) >= 11 is 0. The van der Waals surface area contributed by atoms with Gasteiger partial charge in [-0.05, 0) is 55.3 Å². The minimum atomic E-state index is -4.26. The normalized spacial score (nSPS) is 14.9. The van der Waals surface area contributed by atoms with Gasteiger partial charge in [0.05, 0.1) is 30.5 Å². The number of imidazole rings is 2. The SMILES string of the molecule is O=C(Nc1cn2nc(-c3c(-c4ccc(F)cc4)ncn3C3CCN(CC(F)(F)F)CC3)ccc2n1)c1ccnc(F)c1. The lowest BCUT2D eigenvalue weighted by molar-refractivity contribution is -0.148. The Kier molecular flexibility index (Phi) is 7.14. The highest BCUT2D eigenvalue weighted by Crippen LogP contribution is 2.36. The number of pyridine rings is 1. The third-order valence-electron chi connectivity index (χ3n) is 7.06. The number of aromatic nitrogens is 6. The first-order chi connectivity index (χ1) is 20.1. The highest BCUT2D eigenvalue weighted by Gasteiger charge is 2.33. The Hall–Kier alpha value is -4.72. The number of halogens is 5. The maximum absolute atomic E-state index is 13.7. The fraction of sp³-hybridized carbons (Fsp3) is 0.250. The number of nitrogens with zero attached hydrogens (tertiary/aromatic N) is 7. The molecule has 1 fully saturated rings. The fourth-order valence-electron chi connectivity index (χ4n) is 5.12. The van der Waals surface area contributed by atoms with Crippen molar-refractivity contribution >= 4 is 17.4 Å². The number of benzene rings is 1. The van der Waals surface area contributed by atoms with E-state index in [2.05, 4.69) is 20.3 Å². The van der Waals surface area contributed by atoms with Gasteiger partial charge in [-0.25, -0.2) is 23.9 Å². The van der Waals surface area contributed by atoms with Gasteiger partial charge in [0, 0.05) is 42.5 Å². The number of carbonyl (C=O) groups excluding carboxylic acids is 1. The van der Waals surface area contributed by atoms with Gasteiger partial charge in [-0.3, -0.25) is 9.69 Å². The van der Waals surface area contributed by atoms with Crippen LogP contribution >= 0.6 is 0 Å². The monoisotopic (exact) mass is 582 g/mol. The van der Waals surface area contributed by atoms with Crippen LogP contribution in [-0.2, 0) is 0 Å². The Morgan fingerprint density at radius 2 is 1.76 bits per heavy atom. The second-order valence-corrected chi connectivity index (χ2v) is 9.95. The molecular weight excluding hydrogens is 559 g/mol. The maximum atomic E-state index is 13.7. The number of hydrogen-bond acceptors (Lipinski definition) is 6. The first kappa shape index (κ1) is 27.4. The third kappa shape index (κ3) is 5.84. The Balaban J connectivity index is 1.33. The summed E-state index contributed by atoms with van der Waals surface area (Å²) in [6.07, 6.45) is 1.01. The van der Waals surface area contributed by atoms with Crippen LogP contribution in [0.3, 0.4) is 0 Å². The molecule has 216 valence electrons. The van der Waals surface area contributed by atoms with Crippen LogP contribution in [0.2, 0.25) is 0 Å². The molecule has 0 unspecified atom stereocenters. The molecule has 5 heterocycles. The summed E-state index contributed by atoms with van der Waals surface area (Å²) in [5.74, 6) is -1.58. The molecule has 14 heteroatoms. The largest absolute Gasteiger partial charge is 0.401 e. The van der Waals surface area contributed by atoms with Crippen molar-refractivity contribution in [3.05, 3.63) is 84.6 Å². The first-order valence-corrected chi connectivity index (χ1v) is 13.0. The van der Waals surface area contributed by atoms with E-state index in [1.165, 1.54) is 40.0 Å². The number of piperidine rings is 1. The van der Waals surface area contributed by atoms with E-state index in [9.17, 15) is 26.7 Å². The lowest BCUT2D eigenvalue weighted by Gasteiger charge is -2.33. The van der Waals surface area contributed by atoms with Crippen molar-refractivity contribution in [1.82, 2.24) is 34.0 Å². The highest BCUT2D eigenvalue weighted by atomic mass is 19.4. The van der Waals surface area contributed by atoms with Crippen LogP contribution in [0.25, 0.3) is 28.3 Å². The summed E-state index contributed by atoms with van der Waals surface area (Å²) in [5, 5.41) is 7.31. The standard InChI is InChI=1S/C28H23F5N8O/c29-19-3-1-17(2-4-19)25-26(40(16-35-25)20-8-11-39(12-9-20)15-28(31,32)33)21-5-6-24-36-23(14-41(24)38-21)37-27(42)18-7-10-34-22(30)13-18/h1-7,10,13-14,16,20H,8-9,11-12,15H2,(H,37,42). The number of alkyl halides is 3. The smallest absolute Gasteiger partial charge is 0.326 e. The third-order valence-corrected chi connectivity index (χ3v) is 7.06. The van der Waals surface area contributed by atoms with Crippen LogP contribution < -0.4 is 5.32 Å². The summed E-state index contributed by atoms with van der Waals surface area (Å²) in [6.45, 7) is -0.413. The molecule has 0 atom stereocenters. The molecule has 6 rings (SSSR count). The minimum absolute atomic E-state index is 0.0716. The first-order valence-electron chi connectivity index (χ1n) is 13.0. The summed E-state index contributed by atoms with van der Waals surface area (Å²) in [5.41, 5.74) is 2.78. The molecule has 42 heavy (non-hydrogen) atoms. The second-order valence-electron chi connectivity index (χ2n) is 9.95. The minimum Gasteiger partial charge on any atom is -0.326 e. The van der Waals surface area contributed by atoms with Crippen LogP contribution in [-0.4, -0.2) is 65.8 Å². The zero-order chi connectivity index (χ0) is 29.4. The molecule has 1 N–H and O–H groups in total. The van der Waals surface area contributed by atoms with Crippen LogP contribution in [0.4, 0.5) is 27.8 Å². The topological polar surface area (TPSA) is 93.2 Å². The summed E-state index contributed by atoms with van der Waals surface area (Å²) in [7, 11) is 0. The molecule has 1 aromatic carbocycles. The number of nitrogens with one attached hydrogen (secondary N) is 1. The number of carbonyl (C=O) groups is 1. The molecule has 1 saturated heterocycles. The zero-order valence-electron chi connectivity index (χ0n) is 21.9. The molecule has 0 bridgehead atoms. The predicted molar refractivity (Wildman–Crippen MR) is 143 cm³/mol. The molecule has 9 nitrogen and oxygen atoms in total. The molecule has 4 aromatic heterocycles. The van der Waals surface area contributed by atoms with Gasteiger partial charge in [-0.15, -0.1) is 0 Å². The van der Waals surface area contributed by atoms with Crippen molar-refractivity contribution in [3.63, 3.8) is 0 Å². The number of amides is 1. The van der Waals surface area contributed by atoms with Crippen LogP contribution in [0.1, 0.15) is 29.2 Å². The Morgan fingerprint density at radius 3 is 2.48 bits per heavy atom. The van der Waals surface area contributed by atoms with Crippen molar-refractivity contribution < 1.29 is 26.7 Å². The van der Waals surface area contributed by atoms with Gasteiger partial charge < -0.3 is 9.88 Å². The number of anilines is 1. The number of hydrogen-bond donors (Lipinski definition) is 1. The van der Waals surface area contributed by atoms with Crippen molar-refractivity contribution in [1.29, 1.82) is 0 Å². The van der Waals surface area contributed by atoms with Crippen molar-refractivity contribution in [2.24, 2.45) is 0 Å². The maximum Gasteiger partial charge on any atom is 0.401 e. The van der Waals surface area contributed by atoms with Gasteiger partial charge in [0.15, 0.2) is 11.5 Å². The Morgan fingerprint density at radius 1 is 1.00 bits per heavy atom. The molecule has 5 aromatic rings. The molecule has 1 aliphatic rings. The molecule has 1 aliphatic heterocycles. The summed E-state index contributed by atoms with van der Waals surface area (Å²) < 4.78 is 69.3.